The first-order valence-corrected chi connectivity index (χ1v) is 7.82. The Morgan fingerprint density at radius 1 is 1.37 bits per heavy atom. The molecule has 1 N–H and O–H groups in total. The summed E-state index contributed by atoms with van der Waals surface area (Å²) in [5.74, 6) is 1.03. The van der Waals surface area contributed by atoms with Crippen LogP contribution in [0.1, 0.15) is 57.1 Å². The van der Waals surface area contributed by atoms with E-state index < -0.39 is 0 Å². The minimum Gasteiger partial charge on any atom is -0.487 e. The molecule has 0 amide bonds. The van der Waals surface area contributed by atoms with Crippen molar-refractivity contribution in [2.75, 3.05) is 6.54 Å². The van der Waals surface area contributed by atoms with Gasteiger partial charge in [-0.25, -0.2) is 0 Å². The van der Waals surface area contributed by atoms with E-state index in [1.165, 1.54) is 31.2 Å². The third kappa shape index (κ3) is 2.61. The lowest BCUT2D eigenvalue weighted by Crippen LogP contribution is -2.42. The summed E-state index contributed by atoms with van der Waals surface area (Å²) in [7, 11) is 0. The molecule has 1 aromatic carbocycles. The molecule has 1 heterocycles. The van der Waals surface area contributed by atoms with Crippen LogP contribution in [0.5, 0.6) is 5.75 Å². The molecule has 0 saturated heterocycles. The van der Waals surface area contributed by atoms with Crippen molar-refractivity contribution in [3.05, 3.63) is 28.8 Å². The maximum absolute atomic E-state index is 6.35. The third-order valence-electron chi connectivity index (χ3n) is 4.41. The number of fused-ring (bicyclic) bond motifs is 1. The van der Waals surface area contributed by atoms with Gasteiger partial charge in [0, 0.05) is 23.0 Å². The molecule has 1 aromatic rings. The van der Waals surface area contributed by atoms with Crippen LogP contribution in [-0.2, 0) is 0 Å². The predicted molar refractivity (Wildman–Crippen MR) is 78.9 cm³/mol. The van der Waals surface area contributed by atoms with Crippen molar-refractivity contribution >= 4 is 11.6 Å². The van der Waals surface area contributed by atoms with Gasteiger partial charge in [0.25, 0.3) is 0 Å². The number of benzene rings is 1. The summed E-state index contributed by atoms with van der Waals surface area (Å²) in [5.41, 5.74) is 1.31. The summed E-state index contributed by atoms with van der Waals surface area (Å²) in [6.45, 7) is 3.25. The molecule has 1 aliphatic heterocycles. The Morgan fingerprint density at radius 3 is 2.89 bits per heavy atom. The van der Waals surface area contributed by atoms with Crippen molar-refractivity contribution in [1.82, 2.24) is 5.32 Å². The molecule has 2 nitrogen and oxygen atoms in total. The highest BCUT2D eigenvalue weighted by atomic mass is 35.5. The normalized spacial score (nSPS) is 24.2. The molecule has 19 heavy (non-hydrogen) atoms. The second-order valence-electron chi connectivity index (χ2n) is 5.89. The first kappa shape index (κ1) is 13.3. The van der Waals surface area contributed by atoms with Gasteiger partial charge in [-0.2, -0.15) is 0 Å². The van der Waals surface area contributed by atoms with Crippen LogP contribution < -0.4 is 10.1 Å². The summed E-state index contributed by atoms with van der Waals surface area (Å²) in [4.78, 5) is 0. The molecule has 1 saturated carbocycles. The fourth-order valence-electron chi connectivity index (χ4n) is 3.47. The van der Waals surface area contributed by atoms with Gasteiger partial charge in [-0.15, -0.1) is 0 Å². The van der Waals surface area contributed by atoms with Gasteiger partial charge in [-0.3, -0.25) is 0 Å². The Bertz CT molecular complexity index is 454. The molecular formula is C16H22ClNO. The monoisotopic (exact) mass is 279 g/mol. The number of nitrogens with one attached hydrogen (secondary N) is 1. The van der Waals surface area contributed by atoms with Gasteiger partial charge in [-0.05, 0) is 56.8 Å². The molecule has 0 aromatic heterocycles. The van der Waals surface area contributed by atoms with Crippen molar-refractivity contribution in [2.45, 2.75) is 57.1 Å². The maximum atomic E-state index is 6.35. The number of hydrogen-bond donors (Lipinski definition) is 1. The number of hydrogen-bond acceptors (Lipinski definition) is 2. The molecule has 0 bridgehead atoms. The van der Waals surface area contributed by atoms with E-state index in [4.69, 9.17) is 16.3 Å². The van der Waals surface area contributed by atoms with Crippen molar-refractivity contribution in [2.24, 2.45) is 0 Å². The SMILES string of the molecule is CCCNC1CC2(CCCC2)Oc2ccc(Cl)cc21. The summed E-state index contributed by atoms with van der Waals surface area (Å²) < 4.78 is 6.35. The molecular weight excluding hydrogens is 258 g/mol. The van der Waals surface area contributed by atoms with E-state index >= 15 is 0 Å². The van der Waals surface area contributed by atoms with Gasteiger partial charge in [0.1, 0.15) is 11.4 Å². The van der Waals surface area contributed by atoms with E-state index in [1.54, 1.807) is 0 Å². The minimum absolute atomic E-state index is 0.0756. The molecule has 2 aliphatic rings. The molecule has 3 rings (SSSR count). The molecule has 1 aliphatic carbocycles. The zero-order chi connectivity index (χ0) is 13.3. The zero-order valence-corrected chi connectivity index (χ0v) is 12.3. The largest absolute Gasteiger partial charge is 0.487 e. The van der Waals surface area contributed by atoms with Crippen molar-refractivity contribution < 1.29 is 4.74 Å². The average Bonchev–Trinajstić information content (AvgIpc) is 2.85. The molecule has 1 atom stereocenters. The Labute approximate surface area is 120 Å². The number of halogens is 1. The van der Waals surface area contributed by atoms with E-state index in [2.05, 4.69) is 18.3 Å². The van der Waals surface area contributed by atoms with Crippen LogP contribution in [0.15, 0.2) is 18.2 Å². The van der Waals surface area contributed by atoms with Crippen LogP contribution in [0.4, 0.5) is 0 Å². The van der Waals surface area contributed by atoms with Crippen LogP contribution in [0.2, 0.25) is 5.02 Å². The van der Waals surface area contributed by atoms with Crippen LogP contribution in [0.25, 0.3) is 0 Å². The molecule has 3 heteroatoms. The van der Waals surface area contributed by atoms with E-state index in [0.717, 1.165) is 30.2 Å². The highest BCUT2D eigenvalue weighted by Crippen LogP contribution is 2.47. The second kappa shape index (κ2) is 5.34. The highest BCUT2D eigenvalue weighted by Gasteiger charge is 2.42. The fourth-order valence-corrected chi connectivity index (χ4v) is 3.65. The summed E-state index contributed by atoms with van der Waals surface area (Å²) in [6, 6.07) is 6.43. The number of ether oxygens (including phenoxy) is 1. The summed E-state index contributed by atoms with van der Waals surface area (Å²) in [6.07, 6.45) is 7.21. The van der Waals surface area contributed by atoms with Crippen molar-refractivity contribution in [3.8, 4) is 5.75 Å². The van der Waals surface area contributed by atoms with E-state index in [0.29, 0.717) is 6.04 Å². The maximum Gasteiger partial charge on any atom is 0.125 e. The van der Waals surface area contributed by atoms with Crippen LogP contribution in [-0.4, -0.2) is 12.1 Å². The lowest BCUT2D eigenvalue weighted by molar-refractivity contribution is 0.0368. The lowest BCUT2D eigenvalue weighted by atomic mass is 9.86. The van der Waals surface area contributed by atoms with Crippen LogP contribution in [0, 0.1) is 0 Å². The van der Waals surface area contributed by atoms with Crippen LogP contribution in [0.3, 0.4) is 0 Å². The van der Waals surface area contributed by atoms with Gasteiger partial charge in [0.05, 0.1) is 0 Å². The standard InChI is InChI=1S/C16H22ClNO/c1-2-9-18-14-11-16(7-3-4-8-16)19-15-6-5-12(17)10-13(14)15/h5-6,10,14,18H,2-4,7-9,11H2,1H3. The Hall–Kier alpha value is -0.730. The third-order valence-corrected chi connectivity index (χ3v) is 4.64. The smallest absolute Gasteiger partial charge is 0.125 e. The topological polar surface area (TPSA) is 21.3 Å². The lowest BCUT2D eigenvalue weighted by Gasteiger charge is -2.40. The van der Waals surface area contributed by atoms with E-state index in [-0.39, 0.29) is 5.60 Å². The second-order valence-corrected chi connectivity index (χ2v) is 6.32. The predicted octanol–water partition coefficient (Wildman–Crippen LogP) is 4.48. The average molecular weight is 280 g/mol. The summed E-state index contributed by atoms with van der Waals surface area (Å²) in [5, 5.41) is 4.47. The molecule has 1 fully saturated rings. The Morgan fingerprint density at radius 2 is 2.16 bits per heavy atom. The van der Waals surface area contributed by atoms with E-state index in [9.17, 15) is 0 Å². The number of rotatable bonds is 3. The zero-order valence-electron chi connectivity index (χ0n) is 11.5. The highest BCUT2D eigenvalue weighted by molar-refractivity contribution is 6.30. The van der Waals surface area contributed by atoms with E-state index in [1.807, 2.05) is 12.1 Å². The van der Waals surface area contributed by atoms with Gasteiger partial charge in [0.15, 0.2) is 0 Å². The first-order valence-electron chi connectivity index (χ1n) is 7.44. The first-order chi connectivity index (χ1) is 9.22. The van der Waals surface area contributed by atoms with Crippen molar-refractivity contribution in [3.63, 3.8) is 0 Å². The van der Waals surface area contributed by atoms with Gasteiger partial charge in [0.2, 0.25) is 0 Å². The van der Waals surface area contributed by atoms with Gasteiger partial charge < -0.3 is 10.1 Å². The quantitative estimate of drug-likeness (QED) is 0.881. The fraction of sp³-hybridized carbons (Fsp3) is 0.625. The van der Waals surface area contributed by atoms with Gasteiger partial charge >= 0.3 is 0 Å². The Balaban J connectivity index is 1.91. The van der Waals surface area contributed by atoms with Crippen LogP contribution >= 0.6 is 11.6 Å². The molecule has 1 spiro atoms. The molecule has 1 unspecified atom stereocenters. The summed E-state index contributed by atoms with van der Waals surface area (Å²) >= 11 is 6.14. The molecule has 0 radical (unpaired) electrons. The Kier molecular flexibility index (Phi) is 3.72. The minimum atomic E-state index is 0.0756. The van der Waals surface area contributed by atoms with Gasteiger partial charge in [-0.1, -0.05) is 18.5 Å². The van der Waals surface area contributed by atoms with Crippen molar-refractivity contribution in [1.29, 1.82) is 0 Å². The molecule has 104 valence electrons.